The highest BCUT2D eigenvalue weighted by molar-refractivity contribution is 5.45. The van der Waals surface area contributed by atoms with Crippen molar-refractivity contribution in [3.8, 4) is 0 Å². The highest BCUT2D eigenvalue weighted by Gasteiger charge is 2.17. The van der Waals surface area contributed by atoms with Crippen molar-refractivity contribution in [3.63, 3.8) is 0 Å². The Hall–Kier alpha value is -3.02. The van der Waals surface area contributed by atoms with Gasteiger partial charge in [-0.3, -0.25) is 4.98 Å². The second-order valence-corrected chi connectivity index (χ2v) is 5.79. The summed E-state index contributed by atoms with van der Waals surface area (Å²) in [6, 6.07) is 12.5. The summed E-state index contributed by atoms with van der Waals surface area (Å²) in [6.45, 7) is 2.45. The van der Waals surface area contributed by atoms with Gasteiger partial charge in [-0.25, -0.2) is 0 Å². The van der Waals surface area contributed by atoms with E-state index in [-0.39, 0.29) is 0 Å². The van der Waals surface area contributed by atoms with Crippen molar-refractivity contribution in [1.82, 2.24) is 20.2 Å². The van der Waals surface area contributed by atoms with Crippen molar-refractivity contribution in [1.29, 1.82) is 0 Å². The van der Waals surface area contributed by atoms with E-state index >= 15 is 0 Å². The van der Waals surface area contributed by atoms with Crippen LogP contribution in [0, 0.1) is 0 Å². The normalized spacial score (nSPS) is 13.4. The van der Waals surface area contributed by atoms with Crippen LogP contribution in [0.2, 0.25) is 0 Å². The van der Waals surface area contributed by atoms with E-state index in [1.54, 1.807) is 18.6 Å². The lowest BCUT2D eigenvalue weighted by Gasteiger charge is -2.29. The summed E-state index contributed by atoms with van der Waals surface area (Å²) in [5, 5.41) is 11.4. The third-order valence-corrected chi connectivity index (χ3v) is 4.20. The van der Waals surface area contributed by atoms with Crippen LogP contribution in [-0.4, -0.2) is 26.7 Å². The van der Waals surface area contributed by atoms with E-state index in [1.165, 1.54) is 11.1 Å². The SMILES string of the molecule is c1ccc2c(c1)CCN(c1cnnc(NCc3ccncc3)n1)C2. The summed E-state index contributed by atoms with van der Waals surface area (Å²) in [4.78, 5) is 10.9. The molecular formula is C18H18N6. The second kappa shape index (κ2) is 6.62. The zero-order valence-corrected chi connectivity index (χ0v) is 13.3. The van der Waals surface area contributed by atoms with Crippen LogP contribution in [0.3, 0.4) is 0 Å². The minimum absolute atomic E-state index is 0.545. The first-order valence-corrected chi connectivity index (χ1v) is 8.03. The average molecular weight is 318 g/mol. The minimum Gasteiger partial charge on any atom is -0.350 e. The van der Waals surface area contributed by atoms with E-state index in [4.69, 9.17) is 0 Å². The Morgan fingerprint density at radius 1 is 1.04 bits per heavy atom. The van der Waals surface area contributed by atoms with Gasteiger partial charge in [-0.2, -0.15) is 10.1 Å². The predicted octanol–water partition coefficient (Wildman–Crippen LogP) is 2.44. The molecule has 4 rings (SSSR count). The Balaban J connectivity index is 1.47. The van der Waals surface area contributed by atoms with E-state index < -0.39 is 0 Å². The van der Waals surface area contributed by atoms with Crippen LogP contribution >= 0.6 is 0 Å². The molecule has 0 fully saturated rings. The van der Waals surface area contributed by atoms with Gasteiger partial charge < -0.3 is 10.2 Å². The van der Waals surface area contributed by atoms with E-state index in [1.807, 2.05) is 12.1 Å². The lowest BCUT2D eigenvalue weighted by molar-refractivity contribution is 0.714. The van der Waals surface area contributed by atoms with Crippen molar-refractivity contribution in [2.24, 2.45) is 0 Å². The van der Waals surface area contributed by atoms with Gasteiger partial charge in [-0.1, -0.05) is 24.3 Å². The van der Waals surface area contributed by atoms with Crippen LogP contribution in [0.25, 0.3) is 0 Å². The molecule has 1 N–H and O–H groups in total. The number of anilines is 2. The maximum atomic E-state index is 4.61. The van der Waals surface area contributed by atoms with Gasteiger partial charge in [0, 0.05) is 32.0 Å². The molecule has 3 heterocycles. The first-order valence-electron chi connectivity index (χ1n) is 8.03. The van der Waals surface area contributed by atoms with Crippen molar-refractivity contribution in [2.45, 2.75) is 19.5 Å². The lowest BCUT2D eigenvalue weighted by Crippen LogP contribution is -2.31. The number of fused-ring (bicyclic) bond motifs is 1. The molecule has 0 unspecified atom stereocenters. The second-order valence-electron chi connectivity index (χ2n) is 5.79. The van der Waals surface area contributed by atoms with Crippen molar-refractivity contribution < 1.29 is 0 Å². The number of rotatable bonds is 4. The van der Waals surface area contributed by atoms with Crippen molar-refractivity contribution in [3.05, 3.63) is 71.7 Å². The summed E-state index contributed by atoms with van der Waals surface area (Å²) in [5.41, 5.74) is 3.91. The Morgan fingerprint density at radius 3 is 2.75 bits per heavy atom. The topological polar surface area (TPSA) is 66.8 Å². The van der Waals surface area contributed by atoms with E-state index in [0.717, 1.165) is 30.9 Å². The minimum atomic E-state index is 0.545. The third-order valence-electron chi connectivity index (χ3n) is 4.20. The molecule has 0 aliphatic carbocycles. The monoisotopic (exact) mass is 318 g/mol. The molecule has 1 aromatic carbocycles. The molecule has 0 amide bonds. The largest absolute Gasteiger partial charge is 0.350 e. The number of aromatic nitrogens is 4. The zero-order chi connectivity index (χ0) is 16.2. The fourth-order valence-corrected chi connectivity index (χ4v) is 2.90. The molecule has 0 saturated heterocycles. The third kappa shape index (κ3) is 3.17. The van der Waals surface area contributed by atoms with Crippen LogP contribution in [0.4, 0.5) is 11.8 Å². The Kier molecular flexibility index (Phi) is 4.02. The molecule has 0 saturated carbocycles. The van der Waals surface area contributed by atoms with Gasteiger partial charge >= 0.3 is 0 Å². The molecule has 1 aliphatic rings. The molecular weight excluding hydrogens is 300 g/mol. The number of pyridine rings is 1. The highest BCUT2D eigenvalue weighted by atomic mass is 15.3. The Morgan fingerprint density at radius 2 is 1.88 bits per heavy atom. The molecule has 0 radical (unpaired) electrons. The summed E-state index contributed by atoms with van der Waals surface area (Å²) >= 11 is 0. The molecule has 0 atom stereocenters. The van der Waals surface area contributed by atoms with Gasteiger partial charge in [0.2, 0.25) is 5.95 Å². The molecule has 120 valence electrons. The average Bonchev–Trinajstić information content (AvgIpc) is 2.67. The van der Waals surface area contributed by atoms with Crippen LogP contribution in [0.5, 0.6) is 0 Å². The molecule has 6 heteroatoms. The molecule has 24 heavy (non-hydrogen) atoms. The quantitative estimate of drug-likeness (QED) is 0.797. The van der Waals surface area contributed by atoms with Crippen molar-refractivity contribution in [2.75, 3.05) is 16.8 Å². The summed E-state index contributed by atoms with van der Waals surface area (Å²) in [7, 11) is 0. The molecule has 0 bridgehead atoms. The smallest absolute Gasteiger partial charge is 0.244 e. The maximum absolute atomic E-state index is 4.61. The van der Waals surface area contributed by atoms with Gasteiger partial charge in [0.25, 0.3) is 0 Å². The fraction of sp³-hybridized carbons (Fsp3) is 0.222. The van der Waals surface area contributed by atoms with Crippen LogP contribution in [0.15, 0.2) is 55.0 Å². The maximum Gasteiger partial charge on any atom is 0.244 e. The summed E-state index contributed by atoms with van der Waals surface area (Å²) in [5.74, 6) is 1.40. The first kappa shape index (κ1) is 14.6. The number of nitrogens with zero attached hydrogens (tertiary/aromatic N) is 5. The van der Waals surface area contributed by atoms with E-state index in [2.05, 4.69) is 54.6 Å². The van der Waals surface area contributed by atoms with Gasteiger partial charge in [0.1, 0.15) is 0 Å². The van der Waals surface area contributed by atoms with Gasteiger partial charge in [0.15, 0.2) is 5.82 Å². The first-order chi connectivity index (χ1) is 11.9. The number of nitrogens with one attached hydrogen (secondary N) is 1. The molecule has 6 nitrogen and oxygen atoms in total. The van der Waals surface area contributed by atoms with Gasteiger partial charge in [0.05, 0.1) is 6.20 Å². The molecule has 0 spiro atoms. The number of hydrogen-bond donors (Lipinski definition) is 1. The molecule has 1 aliphatic heterocycles. The fourth-order valence-electron chi connectivity index (χ4n) is 2.90. The van der Waals surface area contributed by atoms with E-state index in [0.29, 0.717) is 12.5 Å². The van der Waals surface area contributed by atoms with Crippen LogP contribution in [0.1, 0.15) is 16.7 Å². The molecule has 2 aromatic heterocycles. The van der Waals surface area contributed by atoms with Gasteiger partial charge in [-0.05, 0) is 35.2 Å². The Bertz CT molecular complexity index is 821. The lowest BCUT2D eigenvalue weighted by atomic mass is 10.0. The standard InChI is InChI=1S/C18H18N6/c1-2-4-16-13-24(10-7-15(16)3-1)17-12-21-23-18(22-17)20-11-14-5-8-19-9-6-14/h1-6,8-9,12H,7,10-11,13H2,(H,20,22,23). The Labute approximate surface area is 140 Å². The summed E-state index contributed by atoms with van der Waals surface area (Å²) < 4.78 is 0. The highest BCUT2D eigenvalue weighted by Crippen LogP contribution is 2.22. The van der Waals surface area contributed by atoms with E-state index in [9.17, 15) is 0 Å². The number of hydrogen-bond acceptors (Lipinski definition) is 6. The predicted molar refractivity (Wildman–Crippen MR) is 92.6 cm³/mol. The van der Waals surface area contributed by atoms with Crippen molar-refractivity contribution >= 4 is 11.8 Å². The zero-order valence-electron chi connectivity index (χ0n) is 13.3. The summed E-state index contributed by atoms with van der Waals surface area (Å²) in [6.07, 6.45) is 6.31. The molecule has 3 aromatic rings. The van der Waals surface area contributed by atoms with Crippen LogP contribution < -0.4 is 10.2 Å². The van der Waals surface area contributed by atoms with Gasteiger partial charge in [-0.15, -0.1) is 5.10 Å². The van der Waals surface area contributed by atoms with Crippen LogP contribution in [-0.2, 0) is 19.5 Å². The number of benzene rings is 1.